The van der Waals surface area contributed by atoms with E-state index < -0.39 is 11.8 Å². The average Bonchev–Trinajstić information content (AvgIpc) is 2.55. The van der Waals surface area contributed by atoms with E-state index in [1.807, 2.05) is 37.3 Å². The van der Waals surface area contributed by atoms with Crippen LogP contribution in [0.4, 0.5) is 4.79 Å². The molecule has 0 aliphatic carbocycles. The van der Waals surface area contributed by atoms with Crippen molar-refractivity contribution in [1.82, 2.24) is 10.2 Å². The van der Waals surface area contributed by atoms with E-state index in [1.54, 1.807) is 7.05 Å². The molecule has 16 heavy (non-hydrogen) atoms. The second-order valence-corrected chi connectivity index (χ2v) is 4.11. The lowest BCUT2D eigenvalue weighted by atomic mass is 9.86. The first-order valence-electron chi connectivity index (χ1n) is 5.40. The molecule has 0 spiro atoms. The van der Waals surface area contributed by atoms with E-state index in [4.69, 9.17) is 0 Å². The Bertz CT molecular complexity index is 393. The minimum atomic E-state index is -0.826. The number of likely N-dealkylation sites (N-methyl/N-ethyl adjacent to an activating group) is 1. The molecule has 1 aliphatic rings. The van der Waals surface area contributed by atoms with Gasteiger partial charge >= 0.3 is 6.03 Å². The lowest BCUT2D eigenvalue weighted by Gasteiger charge is -2.32. The van der Waals surface area contributed by atoms with Gasteiger partial charge in [0.25, 0.3) is 0 Å². The third kappa shape index (κ3) is 1.38. The fourth-order valence-corrected chi connectivity index (χ4v) is 2.22. The molecule has 2 unspecified atom stereocenters. The highest BCUT2D eigenvalue weighted by Crippen LogP contribution is 2.34. The van der Waals surface area contributed by atoms with Crippen molar-refractivity contribution in [2.75, 3.05) is 7.05 Å². The lowest BCUT2D eigenvalue weighted by molar-refractivity contribution is 0.00980. The van der Waals surface area contributed by atoms with E-state index in [-0.39, 0.29) is 6.03 Å². The molecule has 2 atom stereocenters. The summed E-state index contributed by atoms with van der Waals surface area (Å²) in [6.45, 7) is 1.95. The second-order valence-electron chi connectivity index (χ2n) is 4.11. The maximum Gasteiger partial charge on any atom is 0.320 e. The van der Waals surface area contributed by atoms with E-state index in [0.29, 0.717) is 6.42 Å². The zero-order chi connectivity index (χ0) is 11.8. The SMILES string of the molecule is CCC1(c2ccccc2)NC(=O)N(C)C1O. The Morgan fingerprint density at radius 1 is 1.44 bits per heavy atom. The third-order valence-electron chi connectivity index (χ3n) is 3.30. The van der Waals surface area contributed by atoms with Crippen molar-refractivity contribution in [2.24, 2.45) is 0 Å². The van der Waals surface area contributed by atoms with Crippen molar-refractivity contribution in [3.63, 3.8) is 0 Å². The molecular weight excluding hydrogens is 204 g/mol. The van der Waals surface area contributed by atoms with Gasteiger partial charge in [-0.25, -0.2) is 4.79 Å². The molecule has 2 rings (SSSR count). The summed E-state index contributed by atoms with van der Waals surface area (Å²) in [7, 11) is 1.60. The summed E-state index contributed by atoms with van der Waals surface area (Å²) in [5.74, 6) is 0. The quantitative estimate of drug-likeness (QED) is 0.788. The average molecular weight is 220 g/mol. The Hall–Kier alpha value is -1.55. The number of urea groups is 1. The zero-order valence-corrected chi connectivity index (χ0v) is 9.47. The molecule has 1 aromatic rings. The highest BCUT2D eigenvalue weighted by molar-refractivity contribution is 5.78. The monoisotopic (exact) mass is 220 g/mol. The summed E-state index contributed by atoms with van der Waals surface area (Å²) in [5, 5.41) is 13.0. The van der Waals surface area contributed by atoms with E-state index in [0.717, 1.165) is 5.56 Å². The summed E-state index contributed by atoms with van der Waals surface area (Å²) in [5.41, 5.74) is 0.246. The number of amides is 2. The molecule has 4 heteroatoms. The van der Waals surface area contributed by atoms with Crippen molar-refractivity contribution < 1.29 is 9.90 Å². The van der Waals surface area contributed by atoms with Crippen LogP contribution in [-0.4, -0.2) is 29.3 Å². The van der Waals surface area contributed by atoms with Crippen LogP contribution in [-0.2, 0) is 5.54 Å². The highest BCUT2D eigenvalue weighted by Gasteiger charge is 2.49. The molecule has 0 radical (unpaired) electrons. The van der Waals surface area contributed by atoms with Crippen LogP contribution in [0.2, 0.25) is 0 Å². The van der Waals surface area contributed by atoms with Crippen LogP contribution in [0.5, 0.6) is 0 Å². The number of nitrogens with zero attached hydrogens (tertiary/aromatic N) is 1. The molecule has 1 fully saturated rings. The maximum absolute atomic E-state index is 11.6. The first-order valence-corrected chi connectivity index (χ1v) is 5.40. The zero-order valence-electron chi connectivity index (χ0n) is 9.47. The first kappa shape index (κ1) is 11.0. The molecule has 86 valence electrons. The number of aliphatic hydroxyl groups is 1. The normalized spacial score (nSPS) is 29.3. The van der Waals surface area contributed by atoms with Crippen LogP contribution in [0.3, 0.4) is 0 Å². The number of aliphatic hydroxyl groups excluding tert-OH is 1. The Morgan fingerprint density at radius 3 is 2.50 bits per heavy atom. The predicted molar refractivity (Wildman–Crippen MR) is 60.7 cm³/mol. The van der Waals surface area contributed by atoms with E-state index in [1.165, 1.54) is 4.90 Å². The fourth-order valence-electron chi connectivity index (χ4n) is 2.22. The Labute approximate surface area is 94.9 Å². The number of carbonyl (C=O) groups excluding carboxylic acids is 1. The smallest absolute Gasteiger partial charge is 0.320 e. The molecule has 1 aliphatic heterocycles. The number of carbonyl (C=O) groups is 1. The van der Waals surface area contributed by atoms with E-state index in [9.17, 15) is 9.90 Å². The molecular formula is C12H16N2O2. The van der Waals surface area contributed by atoms with Crippen LogP contribution in [0.25, 0.3) is 0 Å². The Kier molecular flexibility index (Phi) is 2.59. The number of hydrogen-bond acceptors (Lipinski definition) is 2. The van der Waals surface area contributed by atoms with Gasteiger partial charge in [-0.3, -0.25) is 4.90 Å². The Balaban J connectivity index is 2.45. The third-order valence-corrected chi connectivity index (χ3v) is 3.30. The molecule has 2 amide bonds. The molecule has 4 nitrogen and oxygen atoms in total. The number of rotatable bonds is 2. The molecule has 1 aromatic carbocycles. The van der Waals surface area contributed by atoms with Crippen LogP contribution in [0, 0.1) is 0 Å². The topological polar surface area (TPSA) is 52.6 Å². The largest absolute Gasteiger partial charge is 0.371 e. The van der Waals surface area contributed by atoms with Crippen LogP contribution in [0.1, 0.15) is 18.9 Å². The van der Waals surface area contributed by atoms with E-state index in [2.05, 4.69) is 5.32 Å². The van der Waals surface area contributed by atoms with Gasteiger partial charge in [-0.15, -0.1) is 0 Å². The van der Waals surface area contributed by atoms with E-state index >= 15 is 0 Å². The predicted octanol–water partition coefficient (Wildman–Crippen LogP) is 1.27. The fraction of sp³-hybridized carbons (Fsp3) is 0.417. The number of hydrogen-bond donors (Lipinski definition) is 2. The van der Waals surface area contributed by atoms with Gasteiger partial charge in [0.1, 0.15) is 5.54 Å². The standard InChI is InChI=1S/C12H16N2O2/c1-3-12(9-7-5-4-6-8-9)10(15)14(2)11(16)13-12/h4-8,10,15H,3H2,1-2H3,(H,13,16). The summed E-state index contributed by atoms with van der Waals surface area (Å²) in [6, 6.07) is 9.34. The summed E-state index contributed by atoms with van der Waals surface area (Å²) in [6.07, 6.45) is -0.179. The second kappa shape index (κ2) is 3.79. The van der Waals surface area contributed by atoms with Gasteiger partial charge in [-0.05, 0) is 12.0 Å². The minimum Gasteiger partial charge on any atom is -0.371 e. The summed E-state index contributed by atoms with van der Waals surface area (Å²) < 4.78 is 0. The molecule has 1 saturated heterocycles. The lowest BCUT2D eigenvalue weighted by Crippen LogP contribution is -2.46. The van der Waals surface area contributed by atoms with Gasteiger partial charge in [0.05, 0.1) is 0 Å². The van der Waals surface area contributed by atoms with Crippen molar-refractivity contribution in [2.45, 2.75) is 25.1 Å². The van der Waals surface area contributed by atoms with Crippen molar-refractivity contribution >= 4 is 6.03 Å². The Morgan fingerprint density at radius 2 is 2.06 bits per heavy atom. The van der Waals surface area contributed by atoms with Crippen molar-refractivity contribution in [1.29, 1.82) is 0 Å². The molecule has 0 bridgehead atoms. The molecule has 2 N–H and O–H groups in total. The first-order chi connectivity index (χ1) is 7.62. The van der Waals surface area contributed by atoms with Gasteiger partial charge in [0, 0.05) is 7.05 Å². The van der Waals surface area contributed by atoms with Gasteiger partial charge in [-0.2, -0.15) is 0 Å². The van der Waals surface area contributed by atoms with Crippen molar-refractivity contribution in [3.8, 4) is 0 Å². The van der Waals surface area contributed by atoms with Crippen LogP contribution >= 0.6 is 0 Å². The van der Waals surface area contributed by atoms with Crippen molar-refractivity contribution in [3.05, 3.63) is 35.9 Å². The van der Waals surface area contributed by atoms with Crippen LogP contribution < -0.4 is 5.32 Å². The molecule has 1 heterocycles. The summed E-state index contributed by atoms with van der Waals surface area (Å²) in [4.78, 5) is 12.9. The molecule has 0 saturated carbocycles. The summed E-state index contributed by atoms with van der Waals surface area (Å²) >= 11 is 0. The van der Waals surface area contributed by atoms with Gasteiger partial charge < -0.3 is 10.4 Å². The maximum atomic E-state index is 11.6. The number of benzene rings is 1. The van der Waals surface area contributed by atoms with Gasteiger partial charge in [0.15, 0.2) is 6.23 Å². The van der Waals surface area contributed by atoms with Crippen LogP contribution in [0.15, 0.2) is 30.3 Å². The molecule has 0 aromatic heterocycles. The minimum absolute atomic E-state index is 0.238. The highest BCUT2D eigenvalue weighted by atomic mass is 16.3. The van der Waals surface area contributed by atoms with Gasteiger partial charge in [-0.1, -0.05) is 37.3 Å². The van der Waals surface area contributed by atoms with Gasteiger partial charge in [0.2, 0.25) is 0 Å². The number of nitrogens with one attached hydrogen (secondary N) is 1.